The van der Waals surface area contributed by atoms with Crippen molar-refractivity contribution in [2.24, 2.45) is 7.05 Å². The van der Waals surface area contributed by atoms with E-state index in [1.807, 2.05) is 29.2 Å². The van der Waals surface area contributed by atoms with Crippen LogP contribution in [-0.2, 0) is 7.05 Å². The standard InChI is InChI=1S/C18H20ClN3O3/c1-21-16(11-14(20-21)18(24)25)17(23)22-10-4-2-3-5-15(22)12-6-8-13(19)9-7-12/h6-9,11,15H,2-5,10H2,1H3,(H,24,25). The van der Waals surface area contributed by atoms with Gasteiger partial charge in [-0.05, 0) is 30.5 Å². The first-order chi connectivity index (χ1) is 12.0. The van der Waals surface area contributed by atoms with Crippen LogP contribution in [0.2, 0.25) is 5.02 Å². The normalized spacial score (nSPS) is 18.0. The number of carboxylic acid groups (broad SMARTS) is 1. The summed E-state index contributed by atoms with van der Waals surface area (Å²) < 4.78 is 1.34. The second-order valence-electron chi connectivity index (χ2n) is 6.26. The molecule has 2 heterocycles. The zero-order valence-electron chi connectivity index (χ0n) is 14.0. The van der Waals surface area contributed by atoms with Crippen molar-refractivity contribution in [3.63, 3.8) is 0 Å². The molecule has 3 rings (SSSR count). The number of carbonyl (C=O) groups excluding carboxylic acids is 1. The van der Waals surface area contributed by atoms with Crippen LogP contribution in [0.4, 0.5) is 0 Å². The molecule has 7 heteroatoms. The van der Waals surface area contributed by atoms with E-state index in [9.17, 15) is 9.59 Å². The zero-order valence-corrected chi connectivity index (χ0v) is 14.7. The maximum absolute atomic E-state index is 13.1. The van der Waals surface area contributed by atoms with Gasteiger partial charge in [0.2, 0.25) is 0 Å². The fraction of sp³-hybridized carbons (Fsp3) is 0.389. The van der Waals surface area contributed by atoms with Crippen molar-refractivity contribution in [1.82, 2.24) is 14.7 Å². The number of aryl methyl sites for hydroxylation is 1. The predicted molar refractivity (Wildman–Crippen MR) is 93.9 cm³/mol. The molecule has 2 aromatic rings. The number of hydrogen-bond acceptors (Lipinski definition) is 3. The Balaban J connectivity index is 1.94. The van der Waals surface area contributed by atoms with Gasteiger partial charge in [-0.1, -0.05) is 36.6 Å². The van der Waals surface area contributed by atoms with E-state index < -0.39 is 5.97 Å². The molecule has 1 aliphatic rings. The molecule has 1 saturated heterocycles. The van der Waals surface area contributed by atoms with E-state index in [2.05, 4.69) is 5.10 Å². The Morgan fingerprint density at radius 1 is 1.20 bits per heavy atom. The molecule has 1 amide bonds. The highest BCUT2D eigenvalue weighted by Gasteiger charge is 2.30. The maximum atomic E-state index is 13.1. The van der Waals surface area contributed by atoms with Gasteiger partial charge in [0.1, 0.15) is 5.69 Å². The Labute approximate surface area is 151 Å². The number of hydrogen-bond donors (Lipinski definition) is 1. The van der Waals surface area contributed by atoms with Crippen LogP contribution in [0.15, 0.2) is 30.3 Å². The van der Waals surface area contributed by atoms with Crippen LogP contribution >= 0.6 is 11.6 Å². The summed E-state index contributed by atoms with van der Waals surface area (Å²) in [5.74, 6) is -1.33. The molecule has 132 valence electrons. The zero-order chi connectivity index (χ0) is 18.0. The van der Waals surface area contributed by atoms with Crippen LogP contribution in [0.5, 0.6) is 0 Å². The van der Waals surface area contributed by atoms with Gasteiger partial charge in [0.05, 0.1) is 6.04 Å². The summed E-state index contributed by atoms with van der Waals surface area (Å²) in [7, 11) is 1.59. The Morgan fingerprint density at radius 3 is 2.56 bits per heavy atom. The largest absolute Gasteiger partial charge is 0.476 e. The highest BCUT2D eigenvalue weighted by molar-refractivity contribution is 6.30. The third-order valence-corrected chi connectivity index (χ3v) is 4.84. The van der Waals surface area contributed by atoms with Crippen LogP contribution in [0.1, 0.15) is 58.3 Å². The molecule has 1 fully saturated rings. The molecule has 1 unspecified atom stereocenters. The SMILES string of the molecule is Cn1nc(C(=O)O)cc1C(=O)N1CCCCCC1c1ccc(Cl)cc1. The van der Waals surface area contributed by atoms with Crippen molar-refractivity contribution in [3.8, 4) is 0 Å². The number of aromatic nitrogens is 2. The fourth-order valence-corrected chi connectivity index (χ4v) is 3.43. The van der Waals surface area contributed by atoms with Crippen LogP contribution in [0.25, 0.3) is 0 Å². The number of benzene rings is 1. The summed E-state index contributed by atoms with van der Waals surface area (Å²) in [6.45, 7) is 0.639. The van der Waals surface area contributed by atoms with Gasteiger partial charge >= 0.3 is 5.97 Å². The second kappa shape index (κ2) is 7.27. The molecule has 25 heavy (non-hydrogen) atoms. The van der Waals surface area contributed by atoms with E-state index in [4.69, 9.17) is 16.7 Å². The summed E-state index contributed by atoms with van der Waals surface area (Å²) in [5, 5.41) is 13.7. The van der Waals surface area contributed by atoms with E-state index in [-0.39, 0.29) is 17.6 Å². The molecule has 1 aliphatic heterocycles. The van der Waals surface area contributed by atoms with Crippen LogP contribution < -0.4 is 0 Å². The number of nitrogens with zero attached hydrogens (tertiary/aromatic N) is 3. The predicted octanol–water partition coefficient (Wildman–Crippen LogP) is 3.53. The minimum absolute atomic E-state index is 0.0459. The molecule has 0 saturated carbocycles. The lowest BCUT2D eigenvalue weighted by Crippen LogP contribution is -2.35. The average Bonchev–Trinajstić information content (AvgIpc) is 2.82. The molecule has 0 bridgehead atoms. The highest BCUT2D eigenvalue weighted by Crippen LogP contribution is 2.32. The van der Waals surface area contributed by atoms with Crippen molar-refractivity contribution in [3.05, 3.63) is 52.3 Å². The topological polar surface area (TPSA) is 75.4 Å². The van der Waals surface area contributed by atoms with Gasteiger partial charge < -0.3 is 10.0 Å². The van der Waals surface area contributed by atoms with Crippen LogP contribution in [-0.4, -0.2) is 38.2 Å². The smallest absolute Gasteiger partial charge is 0.356 e. The molecular formula is C18H20ClN3O3. The van der Waals surface area contributed by atoms with Gasteiger partial charge in [-0.15, -0.1) is 0 Å². The van der Waals surface area contributed by atoms with Crippen molar-refractivity contribution in [2.45, 2.75) is 31.7 Å². The van der Waals surface area contributed by atoms with Gasteiger partial charge in [0.25, 0.3) is 5.91 Å². The number of likely N-dealkylation sites (tertiary alicyclic amines) is 1. The molecule has 6 nitrogen and oxygen atoms in total. The first-order valence-electron chi connectivity index (χ1n) is 8.31. The van der Waals surface area contributed by atoms with Gasteiger partial charge in [-0.3, -0.25) is 9.48 Å². The molecule has 1 aromatic heterocycles. The lowest BCUT2D eigenvalue weighted by molar-refractivity contribution is 0.0667. The quantitative estimate of drug-likeness (QED) is 0.907. The van der Waals surface area contributed by atoms with Gasteiger partial charge in [-0.2, -0.15) is 5.10 Å². The molecule has 1 atom stereocenters. The van der Waals surface area contributed by atoms with E-state index >= 15 is 0 Å². The first kappa shape index (κ1) is 17.5. The number of carboxylic acids is 1. The van der Waals surface area contributed by atoms with E-state index in [0.717, 1.165) is 31.2 Å². The van der Waals surface area contributed by atoms with Crippen molar-refractivity contribution in [1.29, 1.82) is 0 Å². The Bertz CT molecular complexity index is 785. The van der Waals surface area contributed by atoms with E-state index in [0.29, 0.717) is 17.3 Å². The van der Waals surface area contributed by atoms with Crippen LogP contribution in [0, 0.1) is 0 Å². The summed E-state index contributed by atoms with van der Waals surface area (Å²) in [4.78, 5) is 26.1. The molecule has 1 N–H and O–H groups in total. The number of aromatic carboxylic acids is 1. The third kappa shape index (κ3) is 3.69. The fourth-order valence-electron chi connectivity index (χ4n) is 3.30. The number of halogens is 1. The third-order valence-electron chi connectivity index (χ3n) is 4.59. The number of rotatable bonds is 3. The summed E-state index contributed by atoms with van der Waals surface area (Å²) in [5.41, 5.74) is 1.21. The minimum Gasteiger partial charge on any atom is -0.476 e. The molecule has 0 aliphatic carbocycles. The Kier molecular flexibility index (Phi) is 5.08. The lowest BCUT2D eigenvalue weighted by Gasteiger charge is -2.30. The van der Waals surface area contributed by atoms with Crippen molar-refractivity contribution < 1.29 is 14.7 Å². The molecule has 0 spiro atoms. The maximum Gasteiger partial charge on any atom is 0.356 e. The highest BCUT2D eigenvalue weighted by atomic mass is 35.5. The molecule has 1 aromatic carbocycles. The lowest BCUT2D eigenvalue weighted by atomic mass is 10.0. The summed E-state index contributed by atoms with van der Waals surface area (Å²) in [6, 6.07) is 8.85. The van der Waals surface area contributed by atoms with E-state index in [1.165, 1.54) is 10.7 Å². The Hall–Kier alpha value is -2.34. The minimum atomic E-state index is -1.14. The van der Waals surface area contributed by atoms with Gasteiger partial charge in [-0.25, -0.2) is 4.79 Å². The van der Waals surface area contributed by atoms with E-state index in [1.54, 1.807) is 7.05 Å². The number of carbonyl (C=O) groups is 2. The van der Waals surface area contributed by atoms with Crippen molar-refractivity contribution in [2.75, 3.05) is 6.54 Å². The molecule has 0 radical (unpaired) electrons. The van der Waals surface area contributed by atoms with Crippen molar-refractivity contribution >= 4 is 23.5 Å². The Morgan fingerprint density at radius 2 is 1.92 bits per heavy atom. The second-order valence-corrected chi connectivity index (χ2v) is 6.70. The first-order valence-corrected chi connectivity index (χ1v) is 8.69. The number of amides is 1. The van der Waals surface area contributed by atoms with Crippen LogP contribution in [0.3, 0.4) is 0 Å². The monoisotopic (exact) mass is 361 g/mol. The van der Waals surface area contributed by atoms with Gasteiger partial charge in [0, 0.05) is 24.7 Å². The summed E-state index contributed by atoms with van der Waals surface area (Å²) in [6.07, 6.45) is 3.92. The van der Waals surface area contributed by atoms with Gasteiger partial charge in [0.15, 0.2) is 5.69 Å². The molecular weight excluding hydrogens is 342 g/mol. The average molecular weight is 362 g/mol. The summed E-state index contributed by atoms with van der Waals surface area (Å²) >= 11 is 5.98.